The van der Waals surface area contributed by atoms with Gasteiger partial charge in [0.15, 0.2) is 5.78 Å². The van der Waals surface area contributed by atoms with Gasteiger partial charge in [-0.25, -0.2) is 4.98 Å². The van der Waals surface area contributed by atoms with E-state index in [1.54, 1.807) is 55.9 Å². The Bertz CT molecular complexity index is 1680. The van der Waals surface area contributed by atoms with Gasteiger partial charge in [-0.3, -0.25) is 14.4 Å². The lowest BCUT2D eigenvalue weighted by atomic mass is 9.90. The molecule has 0 amide bonds. The lowest BCUT2D eigenvalue weighted by Gasteiger charge is -2.16. The fraction of sp³-hybridized carbons (Fsp3) is 0.241. The van der Waals surface area contributed by atoms with E-state index in [9.17, 15) is 14.4 Å². The molecule has 0 atom stereocenters. The maximum absolute atomic E-state index is 13.2. The molecule has 0 spiro atoms. The Morgan fingerprint density at radius 1 is 0.973 bits per heavy atom. The van der Waals surface area contributed by atoms with Crippen LogP contribution in [-0.4, -0.2) is 32.8 Å². The minimum Gasteiger partial charge on any atom is -0.497 e. The second-order valence-corrected chi connectivity index (χ2v) is 9.81. The van der Waals surface area contributed by atoms with Crippen LogP contribution in [-0.2, 0) is 11.8 Å². The fourth-order valence-corrected chi connectivity index (χ4v) is 4.06. The number of nitrogens with one attached hydrogen (secondary N) is 3. The van der Waals surface area contributed by atoms with Crippen molar-refractivity contribution in [2.75, 3.05) is 7.11 Å². The van der Waals surface area contributed by atoms with Gasteiger partial charge < -0.3 is 19.7 Å². The Balaban J connectivity index is 1.72. The largest absolute Gasteiger partial charge is 0.497 e. The molecule has 2 aromatic carbocycles. The van der Waals surface area contributed by atoms with Crippen LogP contribution in [0.5, 0.6) is 5.75 Å². The number of carbonyl (C=O) groups excluding carboxylic acids is 1. The van der Waals surface area contributed by atoms with Crippen molar-refractivity contribution in [1.29, 1.82) is 0 Å². The molecule has 0 fully saturated rings. The van der Waals surface area contributed by atoms with Crippen molar-refractivity contribution in [2.45, 2.75) is 39.5 Å². The predicted octanol–water partition coefficient (Wildman–Crippen LogP) is 2.54. The topological polar surface area (TPSA) is 121 Å². The van der Waals surface area contributed by atoms with Crippen LogP contribution in [0.25, 0.3) is 12.2 Å². The molecule has 4 rings (SSSR count). The highest BCUT2D eigenvalue weighted by Gasteiger charge is 2.19. The first-order chi connectivity index (χ1) is 17.6. The summed E-state index contributed by atoms with van der Waals surface area (Å²) in [5, 5.41) is 0.188. The summed E-state index contributed by atoms with van der Waals surface area (Å²) >= 11 is 0. The van der Waals surface area contributed by atoms with Gasteiger partial charge in [-0.2, -0.15) is 0 Å². The first kappa shape index (κ1) is 25.6. The van der Waals surface area contributed by atoms with E-state index in [0.29, 0.717) is 28.1 Å². The molecule has 3 N–H and O–H groups in total. The molecular weight excluding hydrogens is 468 g/mol. The van der Waals surface area contributed by atoms with Crippen LogP contribution < -0.4 is 26.6 Å². The molecule has 0 aliphatic rings. The maximum atomic E-state index is 13.2. The first-order valence-electron chi connectivity index (χ1n) is 12.0. The van der Waals surface area contributed by atoms with E-state index in [-0.39, 0.29) is 21.9 Å². The summed E-state index contributed by atoms with van der Waals surface area (Å²) in [5.41, 5.74) is 2.88. The average molecular weight is 499 g/mol. The minimum atomic E-state index is -0.462. The van der Waals surface area contributed by atoms with Gasteiger partial charge in [-0.05, 0) is 54.0 Å². The van der Waals surface area contributed by atoms with Gasteiger partial charge in [-0.15, -0.1) is 0 Å². The number of carbonyl (C=O) groups is 1. The number of aromatic amines is 3. The molecule has 0 radical (unpaired) electrons. The average Bonchev–Trinajstić information content (AvgIpc) is 3.35. The van der Waals surface area contributed by atoms with E-state index in [2.05, 4.69) is 19.9 Å². The summed E-state index contributed by atoms with van der Waals surface area (Å²) in [6.45, 7) is 8.09. The normalized spacial score (nSPS) is 12.7. The van der Waals surface area contributed by atoms with E-state index in [4.69, 9.17) is 4.74 Å². The molecule has 2 heterocycles. The molecule has 0 bridgehead atoms. The van der Waals surface area contributed by atoms with Gasteiger partial charge in [0.25, 0.3) is 11.1 Å². The lowest BCUT2D eigenvalue weighted by Crippen LogP contribution is -2.46. The van der Waals surface area contributed by atoms with Gasteiger partial charge in [0.1, 0.15) is 16.4 Å². The maximum Gasteiger partial charge on any atom is 0.272 e. The van der Waals surface area contributed by atoms with E-state index in [1.165, 1.54) is 0 Å². The van der Waals surface area contributed by atoms with Crippen LogP contribution in [0.15, 0.2) is 58.4 Å². The van der Waals surface area contributed by atoms with Crippen molar-refractivity contribution in [3.05, 3.63) is 114 Å². The van der Waals surface area contributed by atoms with Crippen LogP contribution in [0.2, 0.25) is 0 Å². The third-order valence-corrected chi connectivity index (χ3v) is 6.02. The Kier molecular flexibility index (Phi) is 7.11. The highest BCUT2D eigenvalue weighted by molar-refractivity contribution is 6.09. The molecule has 0 unspecified atom stereocenters. The third kappa shape index (κ3) is 5.69. The van der Waals surface area contributed by atoms with Gasteiger partial charge in [0, 0.05) is 22.2 Å². The number of nitrogens with zero attached hydrogens (tertiary/aromatic N) is 1. The fourth-order valence-electron chi connectivity index (χ4n) is 4.06. The molecule has 0 saturated carbocycles. The van der Waals surface area contributed by atoms with Crippen molar-refractivity contribution in [3.63, 3.8) is 0 Å². The number of hydrogen-bond acceptors (Lipinski definition) is 5. The number of imidazole rings is 1. The monoisotopic (exact) mass is 498 g/mol. The number of H-pyrrole nitrogens is 3. The van der Waals surface area contributed by atoms with Crippen LogP contribution in [0.4, 0.5) is 0 Å². The summed E-state index contributed by atoms with van der Waals surface area (Å²) in [6.07, 6.45) is 5.42. The van der Waals surface area contributed by atoms with Crippen molar-refractivity contribution < 1.29 is 9.53 Å². The standard InChI is InChI=1S/C29H30N4O4/c1-6-17-10-20(14-21(12-17)37-5)25(34)19-9-7-8-18(11-19)13-23-27(35)33-24(28(36)32-23)15-22-26(29(2,3)4)31-16-30-22/h7-16H,6H2,1-5H3,(H,30,31)(H,32,36)(H,33,35)/b23-13-,24-15-. The van der Waals surface area contributed by atoms with Crippen molar-refractivity contribution in [2.24, 2.45) is 0 Å². The molecule has 2 aromatic heterocycles. The zero-order chi connectivity index (χ0) is 26.7. The number of hydrogen-bond donors (Lipinski definition) is 3. The molecule has 4 aromatic rings. The number of benzene rings is 2. The van der Waals surface area contributed by atoms with Gasteiger partial charge in [0.2, 0.25) is 0 Å². The minimum absolute atomic E-state index is 0.0828. The van der Waals surface area contributed by atoms with Gasteiger partial charge in [-0.1, -0.05) is 45.9 Å². The predicted molar refractivity (Wildman–Crippen MR) is 144 cm³/mol. The summed E-state index contributed by atoms with van der Waals surface area (Å²) in [6, 6.07) is 12.4. The molecule has 190 valence electrons. The summed E-state index contributed by atoms with van der Waals surface area (Å²) in [5.74, 6) is 0.459. The Morgan fingerprint density at radius 2 is 1.68 bits per heavy atom. The lowest BCUT2D eigenvalue weighted by molar-refractivity contribution is 0.103. The zero-order valence-electron chi connectivity index (χ0n) is 21.6. The molecule has 0 aliphatic heterocycles. The highest BCUT2D eigenvalue weighted by Crippen LogP contribution is 2.23. The zero-order valence-corrected chi connectivity index (χ0v) is 21.6. The van der Waals surface area contributed by atoms with Crippen LogP contribution in [0.1, 0.15) is 66.1 Å². The summed E-state index contributed by atoms with van der Waals surface area (Å²) in [4.78, 5) is 51.4. The molecule has 0 saturated heterocycles. The Labute approximate surface area is 213 Å². The number of ketones is 1. The first-order valence-corrected chi connectivity index (χ1v) is 12.0. The molecule has 0 aliphatic carbocycles. The van der Waals surface area contributed by atoms with Crippen LogP contribution in [0.3, 0.4) is 0 Å². The van der Waals surface area contributed by atoms with E-state index in [0.717, 1.165) is 17.7 Å². The summed E-state index contributed by atoms with van der Waals surface area (Å²) in [7, 11) is 1.57. The number of ether oxygens (including phenoxy) is 1. The Hall–Kier alpha value is -4.46. The number of methoxy groups -OCH3 is 1. The highest BCUT2D eigenvalue weighted by atomic mass is 16.5. The molecule has 8 nitrogen and oxygen atoms in total. The van der Waals surface area contributed by atoms with Crippen molar-refractivity contribution >= 4 is 17.9 Å². The molecule has 37 heavy (non-hydrogen) atoms. The van der Waals surface area contributed by atoms with Crippen LogP contribution >= 0.6 is 0 Å². The van der Waals surface area contributed by atoms with E-state index >= 15 is 0 Å². The third-order valence-electron chi connectivity index (χ3n) is 6.02. The number of rotatable bonds is 6. The van der Waals surface area contributed by atoms with Gasteiger partial charge in [0.05, 0.1) is 19.1 Å². The van der Waals surface area contributed by atoms with Gasteiger partial charge >= 0.3 is 0 Å². The smallest absolute Gasteiger partial charge is 0.272 e. The summed E-state index contributed by atoms with van der Waals surface area (Å²) < 4.78 is 5.34. The quantitative estimate of drug-likeness (QED) is 0.353. The molecular formula is C29H30N4O4. The molecule has 8 heteroatoms. The second-order valence-electron chi connectivity index (χ2n) is 9.81. The van der Waals surface area contributed by atoms with Crippen molar-refractivity contribution in [3.8, 4) is 5.75 Å². The van der Waals surface area contributed by atoms with E-state index in [1.807, 2.05) is 39.8 Å². The Morgan fingerprint density at radius 3 is 2.32 bits per heavy atom. The van der Waals surface area contributed by atoms with E-state index < -0.39 is 11.1 Å². The SMILES string of the molecule is CCc1cc(OC)cc(C(=O)c2cccc(/C=c3\[nH]c(=O)/c(=C/c4nc[nH]c4C(C)(C)C)[nH]c3=O)c2)c1. The number of aryl methyl sites for hydroxylation is 1. The number of aromatic nitrogens is 4. The van der Waals surface area contributed by atoms with Crippen LogP contribution in [0, 0.1) is 0 Å². The van der Waals surface area contributed by atoms with Crippen molar-refractivity contribution in [1.82, 2.24) is 19.9 Å². The second kappa shape index (κ2) is 10.3.